The molecule has 1 aromatic heterocycles. The van der Waals surface area contributed by atoms with Crippen LogP contribution in [0.2, 0.25) is 0 Å². The van der Waals surface area contributed by atoms with Crippen LogP contribution in [0.5, 0.6) is 0 Å². The first kappa shape index (κ1) is 12.3. The number of hydrogen-bond acceptors (Lipinski definition) is 3. The summed E-state index contributed by atoms with van der Waals surface area (Å²) < 4.78 is 0. The molecule has 1 atom stereocenters. The minimum absolute atomic E-state index is 0.0280. The number of alkyl halides is 1. The van der Waals surface area contributed by atoms with E-state index < -0.39 is 6.10 Å². The van der Waals surface area contributed by atoms with Crippen LogP contribution >= 0.6 is 11.6 Å². The van der Waals surface area contributed by atoms with E-state index in [1.165, 1.54) is 0 Å². The lowest BCUT2D eigenvalue weighted by molar-refractivity contribution is -0.115. The first-order chi connectivity index (χ1) is 8.22. The Morgan fingerprint density at radius 2 is 2.29 bits per heavy atom. The number of carbonyl (C=O) groups excluding carboxylic acids is 1. The van der Waals surface area contributed by atoms with Gasteiger partial charge in [-0.05, 0) is 24.5 Å². The lowest BCUT2D eigenvalue weighted by Gasteiger charge is -2.12. The van der Waals surface area contributed by atoms with Crippen molar-refractivity contribution in [1.29, 1.82) is 0 Å². The summed E-state index contributed by atoms with van der Waals surface area (Å²) in [6.07, 6.45) is 6.20. The normalized spacial score (nSPS) is 17.1. The fraction of sp³-hybridized carbons (Fsp3) is 0.385. The molecule has 2 rings (SSSR count). The van der Waals surface area contributed by atoms with Crippen LogP contribution in [0.3, 0.4) is 0 Å². The summed E-state index contributed by atoms with van der Waals surface area (Å²) in [6.45, 7) is 0. The summed E-state index contributed by atoms with van der Waals surface area (Å²) in [5.74, 6) is 0.545. The molecule has 1 N–H and O–H groups in total. The zero-order valence-electron chi connectivity index (χ0n) is 9.40. The third-order valence-corrected chi connectivity index (χ3v) is 3.06. The number of aliphatic hydroxyl groups is 1. The van der Waals surface area contributed by atoms with Crippen LogP contribution in [0.15, 0.2) is 30.1 Å². The van der Waals surface area contributed by atoms with Gasteiger partial charge < -0.3 is 5.11 Å². The summed E-state index contributed by atoms with van der Waals surface area (Å²) >= 11 is 5.66. The Morgan fingerprint density at radius 1 is 1.47 bits per heavy atom. The van der Waals surface area contributed by atoms with Crippen molar-refractivity contribution in [3.63, 3.8) is 0 Å². The molecule has 1 heterocycles. The standard InChI is InChI=1S/C13H14ClNO2/c14-5-4-9-6-10(8-15-7-9)13(17)11-2-1-3-12(11)16/h2,6-8,13,17H,1,3-5H2. The lowest BCUT2D eigenvalue weighted by atomic mass is 10.0. The number of Topliss-reactive ketones (excluding diaryl/α,β-unsaturated/α-hetero) is 1. The molecule has 1 aliphatic rings. The van der Waals surface area contributed by atoms with Gasteiger partial charge in [0, 0.05) is 35.8 Å². The van der Waals surface area contributed by atoms with Gasteiger partial charge in [-0.1, -0.05) is 6.08 Å². The van der Waals surface area contributed by atoms with Gasteiger partial charge in [0.15, 0.2) is 5.78 Å². The van der Waals surface area contributed by atoms with Crippen molar-refractivity contribution in [3.05, 3.63) is 41.2 Å². The number of nitrogens with zero attached hydrogens (tertiary/aromatic N) is 1. The Kier molecular flexibility index (Phi) is 3.92. The van der Waals surface area contributed by atoms with Crippen molar-refractivity contribution < 1.29 is 9.90 Å². The minimum atomic E-state index is -0.854. The number of pyridine rings is 1. The molecule has 0 spiro atoms. The van der Waals surface area contributed by atoms with Gasteiger partial charge in [-0.25, -0.2) is 0 Å². The van der Waals surface area contributed by atoms with E-state index in [0.717, 1.165) is 12.0 Å². The Bertz CT molecular complexity index is 456. The van der Waals surface area contributed by atoms with Crippen molar-refractivity contribution in [2.45, 2.75) is 25.4 Å². The smallest absolute Gasteiger partial charge is 0.161 e. The maximum atomic E-state index is 11.5. The fourth-order valence-corrected chi connectivity index (χ4v) is 2.18. The number of ketones is 1. The lowest BCUT2D eigenvalue weighted by Crippen LogP contribution is -2.08. The van der Waals surface area contributed by atoms with Crippen LogP contribution < -0.4 is 0 Å². The molecule has 0 bridgehead atoms. The Labute approximate surface area is 105 Å². The zero-order valence-corrected chi connectivity index (χ0v) is 10.2. The number of allylic oxidation sites excluding steroid dienone is 1. The minimum Gasteiger partial charge on any atom is -0.383 e. The molecule has 3 nitrogen and oxygen atoms in total. The molecular weight excluding hydrogens is 238 g/mol. The van der Waals surface area contributed by atoms with Crippen LogP contribution in [-0.4, -0.2) is 21.8 Å². The largest absolute Gasteiger partial charge is 0.383 e. The SMILES string of the molecule is O=C1CCC=C1C(O)c1cncc(CCCl)c1. The summed E-state index contributed by atoms with van der Waals surface area (Å²) in [7, 11) is 0. The molecule has 17 heavy (non-hydrogen) atoms. The number of rotatable bonds is 4. The van der Waals surface area contributed by atoms with Crippen LogP contribution in [0.25, 0.3) is 0 Å². The van der Waals surface area contributed by atoms with Crippen molar-refractivity contribution >= 4 is 17.4 Å². The average Bonchev–Trinajstić information content (AvgIpc) is 2.75. The van der Waals surface area contributed by atoms with Gasteiger partial charge in [0.05, 0.1) is 0 Å². The van der Waals surface area contributed by atoms with Gasteiger partial charge in [0.1, 0.15) is 6.10 Å². The molecule has 0 aromatic carbocycles. The van der Waals surface area contributed by atoms with E-state index in [4.69, 9.17) is 11.6 Å². The third kappa shape index (κ3) is 2.73. The molecule has 4 heteroatoms. The van der Waals surface area contributed by atoms with E-state index in [1.807, 2.05) is 6.07 Å². The second-order valence-electron chi connectivity index (χ2n) is 4.09. The zero-order chi connectivity index (χ0) is 12.3. The van der Waals surface area contributed by atoms with E-state index in [9.17, 15) is 9.90 Å². The van der Waals surface area contributed by atoms with E-state index in [1.54, 1.807) is 18.5 Å². The highest BCUT2D eigenvalue weighted by Crippen LogP contribution is 2.28. The Balaban J connectivity index is 2.21. The average molecular weight is 252 g/mol. The maximum absolute atomic E-state index is 11.5. The number of aryl methyl sites for hydroxylation is 1. The van der Waals surface area contributed by atoms with Gasteiger partial charge in [0.25, 0.3) is 0 Å². The number of hydrogen-bond donors (Lipinski definition) is 1. The topological polar surface area (TPSA) is 50.2 Å². The summed E-state index contributed by atoms with van der Waals surface area (Å²) in [4.78, 5) is 15.6. The fourth-order valence-electron chi connectivity index (χ4n) is 1.96. The third-order valence-electron chi connectivity index (χ3n) is 2.87. The van der Waals surface area contributed by atoms with Crippen molar-refractivity contribution in [3.8, 4) is 0 Å². The van der Waals surface area contributed by atoms with Gasteiger partial charge >= 0.3 is 0 Å². The summed E-state index contributed by atoms with van der Waals surface area (Å²) in [5.41, 5.74) is 2.13. The van der Waals surface area contributed by atoms with E-state index in [0.29, 0.717) is 29.9 Å². The van der Waals surface area contributed by atoms with Gasteiger partial charge in [0.2, 0.25) is 0 Å². The van der Waals surface area contributed by atoms with E-state index in [2.05, 4.69) is 4.98 Å². The first-order valence-electron chi connectivity index (χ1n) is 5.63. The molecule has 0 amide bonds. The molecule has 0 saturated carbocycles. The Morgan fingerprint density at radius 3 is 2.94 bits per heavy atom. The van der Waals surface area contributed by atoms with Crippen molar-refractivity contribution in [2.75, 3.05) is 5.88 Å². The van der Waals surface area contributed by atoms with E-state index >= 15 is 0 Å². The van der Waals surface area contributed by atoms with Gasteiger partial charge in [-0.3, -0.25) is 9.78 Å². The maximum Gasteiger partial charge on any atom is 0.161 e. The molecule has 1 unspecified atom stereocenters. The summed E-state index contributed by atoms with van der Waals surface area (Å²) in [5, 5.41) is 10.1. The van der Waals surface area contributed by atoms with E-state index in [-0.39, 0.29) is 5.78 Å². The van der Waals surface area contributed by atoms with Crippen molar-refractivity contribution in [1.82, 2.24) is 4.98 Å². The molecule has 0 radical (unpaired) electrons. The van der Waals surface area contributed by atoms with Gasteiger partial charge in [-0.15, -0.1) is 11.6 Å². The highest BCUT2D eigenvalue weighted by Gasteiger charge is 2.23. The predicted molar refractivity (Wildman–Crippen MR) is 65.9 cm³/mol. The second kappa shape index (κ2) is 5.43. The van der Waals surface area contributed by atoms with Crippen LogP contribution in [0.4, 0.5) is 0 Å². The first-order valence-corrected chi connectivity index (χ1v) is 6.17. The van der Waals surface area contributed by atoms with Gasteiger partial charge in [-0.2, -0.15) is 0 Å². The molecule has 0 saturated heterocycles. The summed E-state index contributed by atoms with van der Waals surface area (Å²) in [6, 6.07) is 1.85. The highest BCUT2D eigenvalue weighted by atomic mass is 35.5. The predicted octanol–water partition coefficient (Wildman–Crippen LogP) is 2.19. The molecular formula is C13H14ClNO2. The number of aliphatic hydroxyl groups excluding tert-OH is 1. The monoisotopic (exact) mass is 251 g/mol. The highest BCUT2D eigenvalue weighted by molar-refractivity contribution is 6.17. The number of halogens is 1. The van der Waals surface area contributed by atoms with Crippen LogP contribution in [0, 0.1) is 0 Å². The van der Waals surface area contributed by atoms with Crippen LogP contribution in [-0.2, 0) is 11.2 Å². The number of aromatic nitrogens is 1. The molecule has 1 aromatic rings. The van der Waals surface area contributed by atoms with Crippen molar-refractivity contribution in [2.24, 2.45) is 0 Å². The molecule has 1 aliphatic carbocycles. The quantitative estimate of drug-likeness (QED) is 0.835. The Hall–Kier alpha value is -1.19. The molecule has 0 fully saturated rings. The second-order valence-corrected chi connectivity index (χ2v) is 4.47. The number of carbonyl (C=O) groups is 1. The molecule has 90 valence electrons. The molecule has 0 aliphatic heterocycles. The van der Waals surface area contributed by atoms with Crippen LogP contribution in [0.1, 0.15) is 30.1 Å².